The summed E-state index contributed by atoms with van der Waals surface area (Å²) in [6, 6.07) is 11.0. The molecule has 37 heavy (non-hydrogen) atoms. The first-order valence-corrected chi connectivity index (χ1v) is 13.5. The van der Waals surface area contributed by atoms with Crippen LogP contribution in [0.5, 0.6) is 0 Å². The van der Waals surface area contributed by atoms with E-state index in [9.17, 15) is 4.79 Å². The number of anilines is 3. The molecule has 2 aromatic rings. The van der Waals surface area contributed by atoms with E-state index in [1.165, 1.54) is 32.1 Å². The number of ether oxygens (including phenoxy) is 1. The molecule has 1 saturated carbocycles. The van der Waals surface area contributed by atoms with Gasteiger partial charge in [-0.15, -0.1) is 0 Å². The molecule has 2 aromatic carbocycles. The quantitative estimate of drug-likeness (QED) is 0.231. The molecule has 1 saturated heterocycles. The lowest BCUT2D eigenvalue weighted by atomic mass is 9.89. The van der Waals surface area contributed by atoms with Crippen molar-refractivity contribution in [3.8, 4) is 0 Å². The molecule has 1 atom stereocenters. The van der Waals surface area contributed by atoms with E-state index in [4.69, 9.17) is 22.1 Å². The Bertz CT molecular complexity index is 1120. The highest BCUT2D eigenvalue weighted by molar-refractivity contribution is 6.33. The molecule has 2 aliphatic rings. The minimum atomic E-state index is -0.0971. The van der Waals surface area contributed by atoms with Crippen LogP contribution in [0.1, 0.15) is 60.9 Å². The van der Waals surface area contributed by atoms with Crippen molar-refractivity contribution in [2.24, 2.45) is 5.92 Å². The number of amides is 1. The second-order valence-corrected chi connectivity index (χ2v) is 10.3. The molecule has 2 fully saturated rings. The van der Waals surface area contributed by atoms with Crippen molar-refractivity contribution in [3.05, 3.63) is 77.2 Å². The standard InChI is InChI=1S/C29H38ClN5O2/c1-19(28-9-6-14-37-28)32-18-22-10-12-24(30)27(15-22)35-20(2)34-26-13-11-23(16-25(26)31)29(36)33-17-21-7-4-3-5-8-21/h10-13,15-16,21,28,32,34-35H,1-9,14,17-18,31H2,(H,33,36). The van der Waals surface area contributed by atoms with Gasteiger partial charge in [0.1, 0.15) is 5.82 Å². The smallest absolute Gasteiger partial charge is 0.251 e. The summed E-state index contributed by atoms with van der Waals surface area (Å²) >= 11 is 6.42. The van der Waals surface area contributed by atoms with Gasteiger partial charge in [0.2, 0.25) is 0 Å². The highest BCUT2D eigenvalue weighted by Crippen LogP contribution is 2.27. The van der Waals surface area contributed by atoms with Gasteiger partial charge in [0.05, 0.1) is 28.2 Å². The first-order valence-electron chi connectivity index (χ1n) is 13.1. The molecular formula is C29H38ClN5O2. The Morgan fingerprint density at radius 3 is 2.49 bits per heavy atom. The Kier molecular flexibility index (Phi) is 9.36. The lowest BCUT2D eigenvalue weighted by Gasteiger charge is -2.21. The third-order valence-corrected chi connectivity index (χ3v) is 7.36. The number of nitrogen functional groups attached to an aromatic ring is 1. The molecule has 1 aliphatic carbocycles. The van der Waals surface area contributed by atoms with Gasteiger partial charge in [0.25, 0.3) is 5.91 Å². The molecular weight excluding hydrogens is 486 g/mol. The van der Waals surface area contributed by atoms with Crippen LogP contribution < -0.4 is 27.0 Å². The van der Waals surface area contributed by atoms with Crippen molar-refractivity contribution in [2.75, 3.05) is 29.5 Å². The minimum Gasteiger partial charge on any atom is -0.397 e. The molecule has 0 bridgehead atoms. The highest BCUT2D eigenvalue weighted by atomic mass is 35.5. The Morgan fingerprint density at radius 2 is 1.76 bits per heavy atom. The van der Waals surface area contributed by atoms with Crippen LogP contribution in [0.4, 0.5) is 17.1 Å². The third kappa shape index (κ3) is 7.66. The number of carbonyl (C=O) groups excluding carboxylic acids is 1. The van der Waals surface area contributed by atoms with Crippen LogP contribution in [0.25, 0.3) is 0 Å². The number of benzene rings is 2. The predicted octanol–water partition coefficient (Wildman–Crippen LogP) is 6.01. The first kappa shape index (κ1) is 26.9. The molecule has 1 unspecified atom stereocenters. The van der Waals surface area contributed by atoms with E-state index in [1.54, 1.807) is 18.2 Å². The summed E-state index contributed by atoms with van der Waals surface area (Å²) in [5.74, 6) is 0.990. The second-order valence-electron chi connectivity index (χ2n) is 9.94. The Morgan fingerprint density at radius 1 is 0.973 bits per heavy atom. The highest BCUT2D eigenvalue weighted by Gasteiger charge is 2.18. The maximum atomic E-state index is 12.6. The Hall–Kier alpha value is -3.16. The number of rotatable bonds is 11. The normalized spacial score (nSPS) is 17.7. The Balaban J connectivity index is 1.30. The van der Waals surface area contributed by atoms with Crippen molar-refractivity contribution >= 4 is 34.6 Å². The van der Waals surface area contributed by atoms with Crippen LogP contribution in [0.3, 0.4) is 0 Å². The van der Waals surface area contributed by atoms with Crippen LogP contribution in [-0.2, 0) is 11.3 Å². The largest absolute Gasteiger partial charge is 0.397 e. The number of hydrogen-bond acceptors (Lipinski definition) is 6. The van der Waals surface area contributed by atoms with Gasteiger partial charge < -0.3 is 31.7 Å². The fourth-order valence-corrected chi connectivity index (χ4v) is 5.03. The SMILES string of the molecule is C=C(Nc1ccc(C(=O)NCC2CCCCC2)cc1N)Nc1cc(CNC(=C)C2CCCO2)ccc1Cl. The van der Waals surface area contributed by atoms with Gasteiger partial charge in [-0.3, -0.25) is 4.79 Å². The fraction of sp³-hybridized carbons (Fsp3) is 0.414. The fourth-order valence-electron chi connectivity index (χ4n) is 4.86. The summed E-state index contributed by atoms with van der Waals surface area (Å²) in [4.78, 5) is 12.6. The molecule has 0 aromatic heterocycles. The van der Waals surface area contributed by atoms with E-state index >= 15 is 0 Å². The lowest BCUT2D eigenvalue weighted by molar-refractivity contribution is 0.0943. The van der Waals surface area contributed by atoms with Gasteiger partial charge >= 0.3 is 0 Å². The molecule has 4 rings (SSSR count). The van der Waals surface area contributed by atoms with E-state index in [0.29, 0.717) is 40.2 Å². The summed E-state index contributed by atoms with van der Waals surface area (Å²) < 4.78 is 5.67. The van der Waals surface area contributed by atoms with Crippen LogP contribution in [0.2, 0.25) is 5.02 Å². The number of nitrogens with one attached hydrogen (secondary N) is 4. The van der Waals surface area contributed by atoms with Gasteiger partial charge in [-0.1, -0.05) is 50.1 Å². The van der Waals surface area contributed by atoms with Gasteiger partial charge in [0, 0.05) is 31.0 Å². The van der Waals surface area contributed by atoms with Gasteiger partial charge in [-0.05, 0) is 67.5 Å². The van der Waals surface area contributed by atoms with Crippen molar-refractivity contribution < 1.29 is 9.53 Å². The number of halogens is 1. The van der Waals surface area contributed by atoms with Gasteiger partial charge in [-0.2, -0.15) is 0 Å². The van der Waals surface area contributed by atoms with Crippen LogP contribution in [-0.4, -0.2) is 25.2 Å². The third-order valence-electron chi connectivity index (χ3n) is 7.03. The van der Waals surface area contributed by atoms with Crippen LogP contribution in [0.15, 0.2) is 61.1 Å². The van der Waals surface area contributed by atoms with Gasteiger partial charge in [0.15, 0.2) is 0 Å². The lowest BCUT2D eigenvalue weighted by Crippen LogP contribution is -2.30. The first-order chi connectivity index (χ1) is 17.9. The second kappa shape index (κ2) is 12.9. The Labute approximate surface area is 224 Å². The predicted molar refractivity (Wildman–Crippen MR) is 153 cm³/mol. The summed E-state index contributed by atoms with van der Waals surface area (Å²) in [5.41, 5.74) is 10.6. The van der Waals surface area contributed by atoms with Crippen LogP contribution in [0, 0.1) is 5.92 Å². The zero-order chi connectivity index (χ0) is 26.2. The van der Waals surface area contributed by atoms with E-state index in [-0.39, 0.29) is 12.0 Å². The average molecular weight is 524 g/mol. The average Bonchev–Trinajstić information content (AvgIpc) is 3.44. The maximum Gasteiger partial charge on any atom is 0.251 e. The number of nitrogens with two attached hydrogens (primary N) is 1. The number of hydrogen-bond donors (Lipinski definition) is 5. The van der Waals surface area contributed by atoms with Crippen molar-refractivity contribution in [1.82, 2.24) is 10.6 Å². The summed E-state index contributed by atoms with van der Waals surface area (Å²) in [5, 5.41) is 13.4. The summed E-state index contributed by atoms with van der Waals surface area (Å²) in [7, 11) is 0. The molecule has 8 heteroatoms. The zero-order valence-corrected chi connectivity index (χ0v) is 22.1. The maximum absolute atomic E-state index is 12.6. The molecule has 1 amide bonds. The van der Waals surface area contributed by atoms with Crippen molar-refractivity contribution in [3.63, 3.8) is 0 Å². The molecule has 7 nitrogen and oxygen atoms in total. The van der Waals surface area contributed by atoms with E-state index in [2.05, 4.69) is 34.4 Å². The molecule has 0 radical (unpaired) electrons. The zero-order valence-electron chi connectivity index (χ0n) is 21.4. The van der Waals surface area contributed by atoms with E-state index < -0.39 is 0 Å². The van der Waals surface area contributed by atoms with E-state index in [1.807, 2.05) is 18.2 Å². The number of carbonyl (C=O) groups is 1. The summed E-state index contributed by atoms with van der Waals surface area (Å²) in [6.07, 6.45) is 8.33. The monoisotopic (exact) mass is 523 g/mol. The molecule has 198 valence electrons. The van der Waals surface area contributed by atoms with Crippen molar-refractivity contribution in [1.29, 1.82) is 0 Å². The van der Waals surface area contributed by atoms with Gasteiger partial charge in [-0.25, -0.2) is 0 Å². The molecule has 1 heterocycles. The molecule has 6 N–H and O–H groups in total. The molecule has 0 spiro atoms. The van der Waals surface area contributed by atoms with Crippen molar-refractivity contribution in [2.45, 2.75) is 57.6 Å². The molecule has 1 aliphatic heterocycles. The minimum absolute atomic E-state index is 0.0775. The van der Waals surface area contributed by atoms with E-state index in [0.717, 1.165) is 42.9 Å². The van der Waals surface area contributed by atoms with Crippen LogP contribution >= 0.6 is 11.6 Å². The summed E-state index contributed by atoms with van der Waals surface area (Å²) in [6.45, 7) is 10.3. The topological polar surface area (TPSA) is 100 Å².